The highest BCUT2D eigenvalue weighted by Crippen LogP contribution is 2.30. The summed E-state index contributed by atoms with van der Waals surface area (Å²) in [5.41, 5.74) is 1.99. The van der Waals surface area contributed by atoms with Crippen LogP contribution >= 0.6 is 34.7 Å². The van der Waals surface area contributed by atoms with Gasteiger partial charge in [0.25, 0.3) is 0 Å². The topological polar surface area (TPSA) is 81.9 Å². The molecule has 7 nitrogen and oxygen atoms in total. The average Bonchev–Trinajstić information content (AvgIpc) is 3.39. The molecule has 1 atom stereocenters. The second-order valence-electron chi connectivity index (χ2n) is 7.21. The molecular weight excluding hydrogens is 478 g/mol. The summed E-state index contributed by atoms with van der Waals surface area (Å²) in [5, 5.41) is 13.2. The van der Waals surface area contributed by atoms with Crippen molar-refractivity contribution in [3.05, 3.63) is 71.5 Å². The number of anilines is 1. The van der Waals surface area contributed by atoms with Gasteiger partial charge in [-0.25, -0.2) is 4.98 Å². The second kappa shape index (κ2) is 10.4. The number of aromatic nitrogens is 4. The van der Waals surface area contributed by atoms with Crippen molar-refractivity contribution in [2.24, 2.45) is 0 Å². The Labute approximate surface area is 204 Å². The van der Waals surface area contributed by atoms with E-state index in [1.807, 2.05) is 48.7 Å². The zero-order valence-corrected chi connectivity index (χ0v) is 20.5. The van der Waals surface area contributed by atoms with Crippen LogP contribution in [-0.2, 0) is 11.3 Å². The average molecular weight is 500 g/mol. The fraction of sp³-hybridized carbons (Fsp3) is 0.217. The fourth-order valence-corrected chi connectivity index (χ4v) is 5.11. The first kappa shape index (κ1) is 23.3. The Morgan fingerprint density at radius 3 is 2.88 bits per heavy atom. The highest BCUT2D eigenvalue weighted by Gasteiger charge is 2.20. The van der Waals surface area contributed by atoms with Crippen molar-refractivity contribution in [3.63, 3.8) is 0 Å². The monoisotopic (exact) mass is 499 g/mol. The number of rotatable bonds is 9. The van der Waals surface area contributed by atoms with Crippen LogP contribution in [0.4, 0.5) is 5.13 Å². The molecule has 2 heterocycles. The van der Waals surface area contributed by atoms with Crippen LogP contribution in [0.5, 0.6) is 5.75 Å². The number of benzene rings is 2. The Hall–Kier alpha value is -2.88. The lowest BCUT2D eigenvalue weighted by atomic mass is 10.2. The number of nitrogens with zero attached hydrogens (tertiary/aromatic N) is 4. The van der Waals surface area contributed by atoms with Gasteiger partial charge in [0.05, 0.1) is 21.0 Å². The molecule has 4 rings (SSSR count). The molecule has 0 aliphatic rings. The second-order valence-corrected chi connectivity index (χ2v) is 9.59. The third kappa shape index (κ3) is 5.38. The zero-order chi connectivity index (χ0) is 23.4. The lowest BCUT2D eigenvalue weighted by Gasteiger charge is -2.16. The van der Waals surface area contributed by atoms with Gasteiger partial charge in [-0.1, -0.05) is 65.0 Å². The minimum Gasteiger partial charge on any atom is -0.481 e. The standard InChI is InChI=1S/C23H22ClN5O2S2/c1-4-12-29-21(15(3)31-17-10-6-5-9-16(17)24)27-28-23(29)32-13-19(30)25-22-26-20-14(2)8-7-11-18(20)33-22/h4-11,15H,1,12-13H2,2-3H3,(H,25,26,30). The van der Waals surface area contributed by atoms with Crippen molar-refractivity contribution in [1.82, 2.24) is 19.7 Å². The summed E-state index contributed by atoms with van der Waals surface area (Å²) in [7, 11) is 0. The number of nitrogens with one attached hydrogen (secondary N) is 1. The summed E-state index contributed by atoms with van der Waals surface area (Å²) in [4.78, 5) is 17.1. The van der Waals surface area contributed by atoms with Gasteiger partial charge in [0.15, 0.2) is 22.2 Å². The van der Waals surface area contributed by atoms with Gasteiger partial charge in [0, 0.05) is 6.54 Å². The Kier molecular flexibility index (Phi) is 7.32. The largest absolute Gasteiger partial charge is 0.481 e. The van der Waals surface area contributed by atoms with Crippen molar-refractivity contribution < 1.29 is 9.53 Å². The van der Waals surface area contributed by atoms with Gasteiger partial charge in [0.2, 0.25) is 5.91 Å². The molecule has 4 aromatic rings. The molecule has 2 aromatic carbocycles. The molecule has 170 valence electrons. The lowest BCUT2D eigenvalue weighted by molar-refractivity contribution is -0.113. The molecule has 0 spiro atoms. The molecule has 0 fully saturated rings. The van der Waals surface area contributed by atoms with E-state index in [1.54, 1.807) is 18.2 Å². The zero-order valence-electron chi connectivity index (χ0n) is 18.1. The number of ether oxygens (including phenoxy) is 1. The molecule has 1 unspecified atom stereocenters. The van der Waals surface area contributed by atoms with E-state index in [9.17, 15) is 4.79 Å². The van der Waals surface area contributed by atoms with Gasteiger partial charge < -0.3 is 10.1 Å². The number of carbonyl (C=O) groups is 1. The molecule has 0 saturated heterocycles. The van der Waals surface area contributed by atoms with Crippen molar-refractivity contribution in [3.8, 4) is 5.75 Å². The summed E-state index contributed by atoms with van der Waals surface area (Å²) in [6.07, 6.45) is 1.36. The van der Waals surface area contributed by atoms with E-state index in [-0.39, 0.29) is 11.7 Å². The predicted molar refractivity (Wildman–Crippen MR) is 134 cm³/mol. The number of hydrogen-bond acceptors (Lipinski definition) is 7. The smallest absolute Gasteiger partial charge is 0.236 e. The number of thioether (sulfide) groups is 1. The van der Waals surface area contributed by atoms with E-state index in [0.717, 1.165) is 15.8 Å². The van der Waals surface area contributed by atoms with E-state index in [0.29, 0.717) is 33.4 Å². The van der Waals surface area contributed by atoms with E-state index in [1.165, 1.54) is 23.1 Å². The van der Waals surface area contributed by atoms with Gasteiger partial charge in [-0.15, -0.1) is 16.8 Å². The number of allylic oxidation sites excluding steroid dienone is 1. The molecule has 2 aromatic heterocycles. The molecule has 33 heavy (non-hydrogen) atoms. The summed E-state index contributed by atoms with van der Waals surface area (Å²) < 4.78 is 8.91. The summed E-state index contributed by atoms with van der Waals surface area (Å²) >= 11 is 8.96. The van der Waals surface area contributed by atoms with Gasteiger partial charge in [0.1, 0.15) is 5.75 Å². The molecular formula is C23H22ClN5O2S2. The van der Waals surface area contributed by atoms with Crippen LogP contribution in [-0.4, -0.2) is 31.4 Å². The number of fused-ring (bicyclic) bond motifs is 1. The van der Waals surface area contributed by atoms with Crippen LogP contribution in [0.15, 0.2) is 60.3 Å². The maximum atomic E-state index is 12.6. The maximum Gasteiger partial charge on any atom is 0.236 e. The molecule has 1 amide bonds. The number of carbonyl (C=O) groups excluding carboxylic acids is 1. The Bertz CT molecular complexity index is 1300. The Morgan fingerprint density at radius 2 is 2.12 bits per heavy atom. The molecule has 0 radical (unpaired) electrons. The van der Waals surface area contributed by atoms with Gasteiger partial charge >= 0.3 is 0 Å². The maximum absolute atomic E-state index is 12.6. The van der Waals surface area contributed by atoms with E-state index >= 15 is 0 Å². The molecule has 1 N–H and O–H groups in total. The first-order valence-corrected chi connectivity index (χ1v) is 12.4. The van der Waals surface area contributed by atoms with E-state index in [4.69, 9.17) is 16.3 Å². The number of amides is 1. The highest BCUT2D eigenvalue weighted by atomic mass is 35.5. The quantitative estimate of drug-likeness (QED) is 0.228. The SMILES string of the molecule is C=CCn1c(SCC(=O)Nc2nc3c(C)cccc3s2)nnc1C(C)Oc1ccccc1Cl. The molecule has 0 saturated carbocycles. The fourth-order valence-electron chi connectivity index (χ4n) is 3.22. The first-order chi connectivity index (χ1) is 16.0. The van der Waals surface area contributed by atoms with Crippen LogP contribution in [0.3, 0.4) is 0 Å². The third-order valence-electron chi connectivity index (χ3n) is 4.76. The summed E-state index contributed by atoms with van der Waals surface area (Å²) in [6, 6.07) is 13.3. The first-order valence-electron chi connectivity index (χ1n) is 10.2. The number of hydrogen-bond donors (Lipinski definition) is 1. The van der Waals surface area contributed by atoms with Crippen molar-refractivity contribution in [2.75, 3.05) is 11.1 Å². The number of para-hydroxylation sites is 2. The molecule has 10 heteroatoms. The molecule has 0 bridgehead atoms. The van der Waals surface area contributed by atoms with Crippen molar-refractivity contribution >= 4 is 56.0 Å². The van der Waals surface area contributed by atoms with E-state index in [2.05, 4.69) is 27.1 Å². The van der Waals surface area contributed by atoms with Gasteiger partial charge in [-0.2, -0.15) is 0 Å². The van der Waals surface area contributed by atoms with Crippen LogP contribution in [0.25, 0.3) is 10.2 Å². The number of halogens is 1. The normalized spacial score (nSPS) is 12.0. The Balaban J connectivity index is 1.43. The summed E-state index contributed by atoms with van der Waals surface area (Å²) in [5.74, 6) is 1.20. The third-order valence-corrected chi connectivity index (χ3v) is 6.98. The number of thiazole rings is 1. The summed E-state index contributed by atoms with van der Waals surface area (Å²) in [6.45, 7) is 8.19. The Morgan fingerprint density at radius 1 is 1.30 bits per heavy atom. The lowest BCUT2D eigenvalue weighted by Crippen LogP contribution is -2.15. The van der Waals surface area contributed by atoms with Gasteiger partial charge in [-0.05, 0) is 37.6 Å². The number of aryl methyl sites for hydroxylation is 1. The van der Waals surface area contributed by atoms with Crippen LogP contribution in [0, 0.1) is 6.92 Å². The predicted octanol–water partition coefficient (Wildman–Crippen LogP) is 5.91. The van der Waals surface area contributed by atoms with Crippen LogP contribution in [0.1, 0.15) is 24.4 Å². The van der Waals surface area contributed by atoms with E-state index < -0.39 is 6.10 Å². The molecule has 0 aliphatic heterocycles. The highest BCUT2D eigenvalue weighted by molar-refractivity contribution is 7.99. The van der Waals surface area contributed by atoms with Crippen LogP contribution in [0.2, 0.25) is 5.02 Å². The van der Waals surface area contributed by atoms with Crippen LogP contribution < -0.4 is 10.1 Å². The van der Waals surface area contributed by atoms with Gasteiger partial charge in [-0.3, -0.25) is 9.36 Å². The van der Waals surface area contributed by atoms with Crippen molar-refractivity contribution in [2.45, 2.75) is 31.7 Å². The van der Waals surface area contributed by atoms with Crippen molar-refractivity contribution in [1.29, 1.82) is 0 Å². The minimum absolute atomic E-state index is 0.160. The minimum atomic E-state index is -0.397. The molecule has 0 aliphatic carbocycles.